The van der Waals surface area contributed by atoms with Crippen LogP contribution in [0.4, 0.5) is 0 Å². The molecule has 2 N–H and O–H groups in total. The lowest BCUT2D eigenvalue weighted by Gasteiger charge is -2.27. The molecule has 0 spiro atoms. The fourth-order valence-corrected chi connectivity index (χ4v) is 2.38. The van der Waals surface area contributed by atoms with Gasteiger partial charge < -0.3 is 15.2 Å². The molecule has 94 valence electrons. The molecule has 1 aliphatic carbocycles. The zero-order valence-corrected chi connectivity index (χ0v) is 10.3. The number of nitrogens with two attached hydrogens (primary N) is 1. The molecule has 1 saturated carbocycles. The molecule has 2 rings (SSSR count). The summed E-state index contributed by atoms with van der Waals surface area (Å²) in [6, 6.07) is 3.87. The van der Waals surface area contributed by atoms with E-state index in [1.54, 1.807) is 13.3 Å². The highest BCUT2D eigenvalue weighted by Gasteiger charge is 2.33. The van der Waals surface area contributed by atoms with Gasteiger partial charge in [-0.05, 0) is 25.0 Å². The van der Waals surface area contributed by atoms with Crippen LogP contribution >= 0.6 is 0 Å². The lowest BCUT2D eigenvalue weighted by atomic mass is 10.0. The number of methoxy groups -OCH3 is 1. The molecule has 0 saturated heterocycles. The van der Waals surface area contributed by atoms with Crippen LogP contribution in [-0.4, -0.2) is 24.2 Å². The minimum atomic E-state index is -0.124. The van der Waals surface area contributed by atoms with E-state index in [1.165, 1.54) is 12.8 Å². The maximum Gasteiger partial charge on any atom is 0.218 e. The van der Waals surface area contributed by atoms with Gasteiger partial charge in [0.2, 0.25) is 5.88 Å². The molecule has 1 aromatic heterocycles. The van der Waals surface area contributed by atoms with E-state index in [0.29, 0.717) is 19.0 Å². The maximum absolute atomic E-state index is 6.02. The zero-order chi connectivity index (χ0) is 12.1. The van der Waals surface area contributed by atoms with Crippen molar-refractivity contribution in [3.05, 3.63) is 23.9 Å². The van der Waals surface area contributed by atoms with Crippen LogP contribution in [0.2, 0.25) is 0 Å². The third-order valence-electron chi connectivity index (χ3n) is 3.46. The standard InChI is InChI=1S/C13H20N2O2/c1-16-12-11(5-4-8-15-12)9-17-13(10-14)6-2-3-7-13/h4-5,8H,2-3,6-7,9-10,14H2,1H3. The first-order chi connectivity index (χ1) is 8.29. The molecular weight excluding hydrogens is 216 g/mol. The second-order valence-corrected chi connectivity index (χ2v) is 4.55. The van der Waals surface area contributed by atoms with Crippen molar-refractivity contribution in [1.82, 2.24) is 4.98 Å². The Kier molecular flexibility index (Phi) is 3.97. The topological polar surface area (TPSA) is 57.4 Å². The van der Waals surface area contributed by atoms with E-state index in [1.807, 2.05) is 12.1 Å². The van der Waals surface area contributed by atoms with E-state index in [4.69, 9.17) is 15.2 Å². The summed E-state index contributed by atoms with van der Waals surface area (Å²) >= 11 is 0. The Bertz CT molecular complexity index is 362. The largest absolute Gasteiger partial charge is 0.481 e. The molecule has 4 nitrogen and oxygen atoms in total. The first-order valence-electron chi connectivity index (χ1n) is 6.11. The molecule has 1 aliphatic rings. The molecule has 4 heteroatoms. The van der Waals surface area contributed by atoms with Crippen molar-refractivity contribution in [2.45, 2.75) is 37.9 Å². The van der Waals surface area contributed by atoms with Crippen LogP contribution in [0, 0.1) is 0 Å². The summed E-state index contributed by atoms with van der Waals surface area (Å²) in [6.07, 6.45) is 6.26. The van der Waals surface area contributed by atoms with Crippen LogP contribution in [0.15, 0.2) is 18.3 Å². The molecule has 0 bridgehead atoms. The second-order valence-electron chi connectivity index (χ2n) is 4.55. The molecule has 0 amide bonds. The van der Waals surface area contributed by atoms with Crippen LogP contribution in [-0.2, 0) is 11.3 Å². The van der Waals surface area contributed by atoms with E-state index in [0.717, 1.165) is 18.4 Å². The zero-order valence-electron chi connectivity index (χ0n) is 10.3. The van der Waals surface area contributed by atoms with Gasteiger partial charge in [0, 0.05) is 18.3 Å². The molecule has 17 heavy (non-hydrogen) atoms. The number of pyridine rings is 1. The molecule has 1 fully saturated rings. The third-order valence-corrected chi connectivity index (χ3v) is 3.46. The quantitative estimate of drug-likeness (QED) is 0.848. The van der Waals surface area contributed by atoms with E-state index in [2.05, 4.69) is 4.98 Å². The van der Waals surface area contributed by atoms with Crippen LogP contribution in [0.3, 0.4) is 0 Å². The summed E-state index contributed by atoms with van der Waals surface area (Å²) in [5, 5.41) is 0. The van der Waals surface area contributed by atoms with Gasteiger partial charge in [-0.25, -0.2) is 4.98 Å². The highest BCUT2D eigenvalue weighted by atomic mass is 16.5. The van der Waals surface area contributed by atoms with Gasteiger partial charge in [-0.15, -0.1) is 0 Å². The molecule has 1 heterocycles. The molecule has 0 aromatic carbocycles. The van der Waals surface area contributed by atoms with E-state index < -0.39 is 0 Å². The van der Waals surface area contributed by atoms with Crippen molar-refractivity contribution in [3.8, 4) is 5.88 Å². The van der Waals surface area contributed by atoms with Crippen LogP contribution in [0.1, 0.15) is 31.2 Å². The van der Waals surface area contributed by atoms with Crippen LogP contribution < -0.4 is 10.5 Å². The molecule has 0 radical (unpaired) electrons. The Labute approximate surface area is 102 Å². The normalized spacial score (nSPS) is 18.2. The first kappa shape index (κ1) is 12.3. The van der Waals surface area contributed by atoms with Crippen molar-refractivity contribution < 1.29 is 9.47 Å². The summed E-state index contributed by atoms with van der Waals surface area (Å²) in [7, 11) is 1.63. The average Bonchev–Trinajstić information content (AvgIpc) is 2.86. The Morgan fingerprint density at radius 1 is 1.41 bits per heavy atom. The second kappa shape index (κ2) is 5.47. The average molecular weight is 236 g/mol. The summed E-state index contributed by atoms with van der Waals surface area (Å²) in [4.78, 5) is 4.16. The fourth-order valence-electron chi connectivity index (χ4n) is 2.38. The summed E-state index contributed by atoms with van der Waals surface area (Å²) in [6.45, 7) is 1.11. The lowest BCUT2D eigenvalue weighted by molar-refractivity contribution is -0.0455. The number of hydrogen-bond acceptors (Lipinski definition) is 4. The van der Waals surface area contributed by atoms with Gasteiger partial charge in [0.25, 0.3) is 0 Å². The minimum absolute atomic E-state index is 0.124. The van der Waals surface area contributed by atoms with E-state index >= 15 is 0 Å². The lowest BCUT2D eigenvalue weighted by Crippen LogP contribution is -2.37. The van der Waals surface area contributed by atoms with Gasteiger partial charge in [0.1, 0.15) is 0 Å². The van der Waals surface area contributed by atoms with Crippen molar-refractivity contribution in [2.75, 3.05) is 13.7 Å². The number of rotatable bonds is 5. The van der Waals surface area contributed by atoms with Crippen molar-refractivity contribution >= 4 is 0 Å². The highest BCUT2D eigenvalue weighted by molar-refractivity contribution is 5.24. The van der Waals surface area contributed by atoms with Gasteiger partial charge in [0.15, 0.2) is 0 Å². The van der Waals surface area contributed by atoms with Crippen molar-refractivity contribution in [3.63, 3.8) is 0 Å². The third kappa shape index (κ3) is 2.76. The van der Waals surface area contributed by atoms with Gasteiger partial charge in [-0.1, -0.05) is 12.8 Å². The van der Waals surface area contributed by atoms with Crippen molar-refractivity contribution in [1.29, 1.82) is 0 Å². The minimum Gasteiger partial charge on any atom is -0.481 e. The number of ether oxygens (including phenoxy) is 2. The Morgan fingerprint density at radius 2 is 2.18 bits per heavy atom. The van der Waals surface area contributed by atoms with Crippen LogP contribution in [0.5, 0.6) is 5.88 Å². The molecule has 1 aromatic rings. The van der Waals surface area contributed by atoms with E-state index in [-0.39, 0.29) is 5.60 Å². The van der Waals surface area contributed by atoms with Gasteiger partial charge in [0.05, 0.1) is 19.3 Å². The molecule has 0 aliphatic heterocycles. The number of nitrogens with zero attached hydrogens (tertiary/aromatic N) is 1. The predicted octanol–water partition coefficient (Wildman–Crippen LogP) is 1.88. The molecule has 0 atom stereocenters. The maximum atomic E-state index is 6.02. The molecular formula is C13H20N2O2. The van der Waals surface area contributed by atoms with Gasteiger partial charge in [-0.3, -0.25) is 0 Å². The summed E-state index contributed by atoms with van der Waals surface area (Å²) < 4.78 is 11.2. The summed E-state index contributed by atoms with van der Waals surface area (Å²) in [5.41, 5.74) is 6.69. The monoisotopic (exact) mass is 236 g/mol. The van der Waals surface area contributed by atoms with Crippen molar-refractivity contribution in [2.24, 2.45) is 5.73 Å². The SMILES string of the molecule is COc1ncccc1COC1(CN)CCCC1. The smallest absolute Gasteiger partial charge is 0.218 e. The summed E-state index contributed by atoms with van der Waals surface area (Å²) in [5.74, 6) is 0.637. The Balaban J connectivity index is 2.01. The van der Waals surface area contributed by atoms with Gasteiger partial charge in [-0.2, -0.15) is 0 Å². The molecule has 0 unspecified atom stereocenters. The van der Waals surface area contributed by atoms with Crippen LogP contribution in [0.25, 0.3) is 0 Å². The number of aromatic nitrogens is 1. The fraction of sp³-hybridized carbons (Fsp3) is 0.615. The number of hydrogen-bond donors (Lipinski definition) is 1. The van der Waals surface area contributed by atoms with Gasteiger partial charge >= 0.3 is 0 Å². The van der Waals surface area contributed by atoms with E-state index in [9.17, 15) is 0 Å². The predicted molar refractivity (Wildman–Crippen MR) is 65.8 cm³/mol. The highest BCUT2D eigenvalue weighted by Crippen LogP contribution is 2.33. The first-order valence-corrected chi connectivity index (χ1v) is 6.11. The Morgan fingerprint density at radius 3 is 2.82 bits per heavy atom. The Hall–Kier alpha value is -1.13.